The third kappa shape index (κ3) is 5.41. The Labute approximate surface area is 199 Å². The Balaban J connectivity index is 1.40. The van der Waals surface area contributed by atoms with E-state index in [1.165, 1.54) is 0 Å². The maximum Gasteiger partial charge on any atom is 0.255 e. The first-order valence-corrected chi connectivity index (χ1v) is 11.1. The number of anilines is 1. The van der Waals surface area contributed by atoms with Crippen LogP contribution in [0.25, 0.3) is 11.1 Å². The molecule has 4 aromatic rings. The predicted octanol–water partition coefficient (Wildman–Crippen LogP) is 7.10. The first-order valence-electron chi connectivity index (χ1n) is 10.3. The van der Waals surface area contributed by atoms with Gasteiger partial charge in [-0.2, -0.15) is 0 Å². The maximum atomic E-state index is 14.1. The zero-order valence-corrected chi connectivity index (χ0v) is 19.4. The van der Waals surface area contributed by atoms with Gasteiger partial charge in [0.15, 0.2) is 0 Å². The van der Waals surface area contributed by atoms with Crippen LogP contribution in [0, 0.1) is 12.7 Å². The molecule has 2 N–H and O–H groups in total. The Morgan fingerprint density at radius 3 is 2.30 bits per heavy atom. The van der Waals surface area contributed by atoms with Gasteiger partial charge in [0.25, 0.3) is 5.91 Å². The summed E-state index contributed by atoms with van der Waals surface area (Å²) in [6, 6.07) is 24.5. The minimum Gasteiger partial charge on any atom is -0.508 e. The van der Waals surface area contributed by atoms with Crippen LogP contribution in [0.1, 0.15) is 21.5 Å². The fourth-order valence-electron chi connectivity index (χ4n) is 3.38. The molecule has 4 aromatic carbocycles. The molecule has 4 rings (SSSR count). The van der Waals surface area contributed by atoms with Crippen LogP contribution in [0.4, 0.5) is 10.1 Å². The van der Waals surface area contributed by atoms with Crippen molar-refractivity contribution in [2.24, 2.45) is 0 Å². The van der Waals surface area contributed by atoms with Crippen molar-refractivity contribution < 1.29 is 19.0 Å². The summed E-state index contributed by atoms with van der Waals surface area (Å²) < 4.78 is 20.3. The summed E-state index contributed by atoms with van der Waals surface area (Å²) in [5.74, 6) is 0.263. The van der Waals surface area contributed by atoms with E-state index in [0.29, 0.717) is 27.0 Å². The van der Waals surface area contributed by atoms with Crippen LogP contribution in [0.2, 0.25) is 0 Å². The molecule has 1 amide bonds. The number of carbonyl (C=O) groups excluding carboxylic acids is 1. The van der Waals surface area contributed by atoms with Crippen molar-refractivity contribution in [2.45, 2.75) is 13.5 Å². The monoisotopic (exact) mass is 505 g/mol. The number of nitrogens with one attached hydrogen (secondary N) is 1. The molecule has 0 fully saturated rings. The Bertz CT molecular complexity index is 1290. The van der Waals surface area contributed by atoms with E-state index in [1.807, 2.05) is 37.3 Å². The highest BCUT2D eigenvalue weighted by Gasteiger charge is 2.10. The van der Waals surface area contributed by atoms with Crippen molar-refractivity contribution >= 4 is 27.5 Å². The number of ether oxygens (including phenoxy) is 1. The molecular formula is C27H21BrFNO3. The molecule has 0 aliphatic heterocycles. The molecule has 0 aromatic heterocycles. The summed E-state index contributed by atoms with van der Waals surface area (Å²) in [6.45, 7) is 1.97. The second kappa shape index (κ2) is 9.88. The van der Waals surface area contributed by atoms with Crippen molar-refractivity contribution in [1.29, 1.82) is 0 Å². The zero-order valence-electron chi connectivity index (χ0n) is 17.8. The lowest BCUT2D eigenvalue weighted by Gasteiger charge is -2.12. The summed E-state index contributed by atoms with van der Waals surface area (Å²) in [6.07, 6.45) is 0. The third-order valence-electron chi connectivity index (χ3n) is 5.20. The van der Waals surface area contributed by atoms with Gasteiger partial charge in [-0.3, -0.25) is 4.79 Å². The van der Waals surface area contributed by atoms with E-state index >= 15 is 0 Å². The van der Waals surface area contributed by atoms with Crippen LogP contribution in [-0.2, 0) is 6.61 Å². The summed E-state index contributed by atoms with van der Waals surface area (Å²) in [7, 11) is 0. The van der Waals surface area contributed by atoms with E-state index in [2.05, 4.69) is 21.2 Å². The van der Waals surface area contributed by atoms with Crippen molar-refractivity contribution in [3.63, 3.8) is 0 Å². The molecule has 0 bridgehead atoms. The number of halogens is 2. The molecule has 0 heterocycles. The van der Waals surface area contributed by atoms with E-state index in [9.17, 15) is 14.3 Å². The molecule has 4 nitrogen and oxygen atoms in total. The number of aryl methyl sites for hydroxylation is 1. The molecule has 0 saturated carbocycles. The Morgan fingerprint density at radius 2 is 1.64 bits per heavy atom. The first kappa shape index (κ1) is 22.6. The van der Waals surface area contributed by atoms with E-state index in [4.69, 9.17) is 4.74 Å². The van der Waals surface area contributed by atoms with Crippen molar-refractivity contribution in [3.05, 3.63) is 112 Å². The number of hydrogen-bond acceptors (Lipinski definition) is 3. The highest BCUT2D eigenvalue weighted by molar-refractivity contribution is 9.10. The molecule has 0 unspecified atom stereocenters. The summed E-state index contributed by atoms with van der Waals surface area (Å²) in [4.78, 5) is 12.7. The van der Waals surface area contributed by atoms with Gasteiger partial charge in [0.1, 0.15) is 23.9 Å². The van der Waals surface area contributed by atoms with Gasteiger partial charge in [0, 0.05) is 16.8 Å². The number of hydrogen-bond donors (Lipinski definition) is 2. The van der Waals surface area contributed by atoms with E-state index in [-0.39, 0.29) is 24.1 Å². The molecule has 0 saturated heterocycles. The molecule has 0 aliphatic carbocycles. The van der Waals surface area contributed by atoms with Crippen LogP contribution >= 0.6 is 15.9 Å². The number of aromatic hydroxyl groups is 1. The number of rotatable bonds is 6. The standard InChI is InChI=1S/C27H21BrFNO3/c1-17-15-22(11-14-25(17)33-16-21-3-2-4-24(28)26(21)29)30-27(32)20-7-5-18(6-8-20)19-9-12-23(31)13-10-19/h2-15,31H,16H2,1H3,(H,30,32). The predicted molar refractivity (Wildman–Crippen MR) is 131 cm³/mol. The quantitative estimate of drug-likeness (QED) is 0.293. The average molecular weight is 506 g/mol. The van der Waals surface area contributed by atoms with Crippen LogP contribution < -0.4 is 10.1 Å². The van der Waals surface area contributed by atoms with Crippen LogP contribution in [0.5, 0.6) is 11.5 Å². The molecule has 0 atom stereocenters. The minimum absolute atomic E-state index is 0.102. The molecule has 0 radical (unpaired) electrons. The average Bonchev–Trinajstić information content (AvgIpc) is 2.81. The molecule has 166 valence electrons. The van der Waals surface area contributed by atoms with E-state index < -0.39 is 0 Å². The maximum absolute atomic E-state index is 14.1. The van der Waals surface area contributed by atoms with Gasteiger partial charge in [-0.25, -0.2) is 4.39 Å². The lowest BCUT2D eigenvalue weighted by molar-refractivity contribution is 0.102. The summed E-state index contributed by atoms with van der Waals surface area (Å²) >= 11 is 3.18. The largest absolute Gasteiger partial charge is 0.508 e. The number of phenolic OH excluding ortho intramolecular Hbond substituents is 1. The molecule has 33 heavy (non-hydrogen) atoms. The van der Waals surface area contributed by atoms with Crippen LogP contribution in [0.3, 0.4) is 0 Å². The van der Waals surface area contributed by atoms with Gasteiger partial charge < -0.3 is 15.2 Å². The van der Waals surface area contributed by atoms with Crippen LogP contribution in [0.15, 0.2) is 89.4 Å². The Hall–Kier alpha value is -3.64. The highest BCUT2D eigenvalue weighted by atomic mass is 79.9. The van der Waals surface area contributed by atoms with E-state index in [0.717, 1.165) is 16.7 Å². The lowest BCUT2D eigenvalue weighted by atomic mass is 10.0. The molecule has 0 spiro atoms. The summed E-state index contributed by atoms with van der Waals surface area (Å²) in [5.41, 5.74) is 4.35. The third-order valence-corrected chi connectivity index (χ3v) is 5.81. The number of amides is 1. The number of phenols is 1. The fourth-order valence-corrected chi connectivity index (χ4v) is 3.78. The van der Waals surface area contributed by atoms with Crippen molar-refractivity contribution in [2.75, 3.05) is 5.32 Å². The molecule has 0 aliphatic rings. The van der Waals surface area contributed by atoms with Crippen molar-refractivity contribution in [3.8, 4) is 22.6 Å². The van der Waals surface area contributed by atoms with Gasteiger partial charge in [-0.05, 0) is 88.1 Å². The smallest absolute Gasteiger partial charge is 0.255 e. The zero-order chi connectivity index (χ0) is 23.4. The second-order valence-electron chi connectivity index (χ2n) is 7.56. The van der Waals surface area contributed by atoms with Gasteiger partial charge in [0.2, 0.25) is 0 Å². The lowest BCUT2D eigenvalue weighted by Crippen LogP contribution is -2.12. The van der Waals surface area contributed by atoms with Gasteiger partial charge >= 0.3 is 0 Å². The van der Waals surface area contributed by atoms with Gasteiger partial charge in [0.05, 0.1) is 4.47 Å². The molecule has 6 heteroatoms. The van der Waals surface area contributed by atoms with Crippen molar-refractivity contribution in [1.82, 2.24) is 0 Å². The Kier molecular flexibility index (Phi) is 6.75. The number of carbonyl (C=O) groups is 1. The second-order valence-corrected chi connectivity index (χ2v) is 8.41. The number of benzene rings is 4. The van der Waals surface area contributed by atoms with Gasteiger partial charge in [-0.1, -0.05) is 36.4 Å². The van der Waals surface area contributed by atoms with Crippen LogP contribution in [-0.4, -0.2) is 11.0 Å². The minimum atomic E-state index is -0.338. The SMILES string of the molecule is Cc1cc(NC(=O)c2ccc(-c3ccc(O)cc3)cc2)ccc1OCc1cccc(Br)c1F. The first-order chi connectivity index (χ1) is 15.9. The highest BCUT2D eigenvalue weighted by Crippen LogP contribution is 2.26. The molecular weight excluding hydrogens is 485 g/mol. The normalized spacial score (nSPS) is 10.6. The van der Waals surface area contributed by atoms with E-state index in [1.54, 1.807) is 54.6 Å². The Morgan fingerprint density at radius 1 is 0.970 bits per heavy atom. The topological polar surface area (TPSA) is 58.6 Å². The van der Waals surface area contributed by atoms with Gasteiger partial charge in [-0.15, -0.1) is 0 Å². The fraction of sp³-hybridized carbons (Fsp3) is 0.0741. The summed E-state index contributed by atoms with van der Waals surface area (Å²) in [5, 5.41) is 12.3.